The number of rotatable bonds is 0. The molecular weight excluding hydrogens is 206 g/mol. The highest BCUT2D eigenvalue weighted by Gasteiger charge is 1.76. The monoisotopic (exact) mass is 223 g/mol. The minimum Gasteiger partial charge on any atom is -0.250 e. The van der Waals surface area contributed by atoms with Crippen molar-refractivity contribution in [2.75, 3.05) is 0 Å². The fourth-order valence-corrected chi connectivity index (χ4v) is 1.11. The van der Waals surface area contributed by atoms with Crippen molar-refractivity contribution in [3.8, 4) is 0 Å². The van der Waals surface area contributed by atoms with Crippen molar-refractivity contribution in [2.45, 2.75) is 27.7 Å². The van der Waals surface area contributed by atoms with Gasteiger partial charge in [0, 0.05) is 17.8 Å². The minimum atomic E-state index is 0.961. The highest BCUT2D eigenvalue weighted by Crippen LogP contribution is 1.98. The first-order chi connectivity index (χ1) is 7.29. The maximum Gasteiger partial charge on any atom is 0.0893 e. The maximum absolute atomic E-state index is 3.94. The van der Waals surface area contributed by atoms with Gasteiger partial charge in [0.15, 0.2) is 0 Å². The SMILES string of the molecule is CC.Cc1cccnn1.Cc1nccs1. The second-order valence-corrected chi connectivity index (χ2v) is 3.51. The number of aryl methyl sites for hydroxylation is 2. The van der Waals surface area contributed by atoms with Gasteiger partial charge < -0.3 is 0 Å². The van der Waals surface area contributed by atoms with Gasteiger partial charge in [-0.2, -0.15) is 10.2 Å². The fraction of sp³-hybridized carbons (Fsp3) is 0.364. The van der Waals surface area contributed by atoms with Gasteiger partial charge in [0.2, 0.25) is 0 Å². The van der Waals surface area contributed by atoms with Crippen LogP contribution in [-0.2, 0) is 0 Å². The van der Waals surface area contributed by atoms with Gasteiger partial charge in [0.1, 0.15) is 0 Å². The topological polar surface area (TPSA) is 38.7 Å². The Morgan fingerprint density at radius 2 is 1.87 bits per heavy atom. The van der Waals surface area contributed by atoms with E-state index in [0.717, 1.165) is 10.7 Å². The Morgan fingerprint density at radius 3 is 2.07 bits per heavy atom. The number of hydrogen-bond donors (Lipinski definition) is 0. The van der Waals surface area contributed by atoms with Crippen LogP contribution in [0.1, 0.15) is 24.5 Å². The van der Waals surface area contributed by atoms with E-state index in [1.54, 1.807) is 23.7 Å². The molecule has 0 aliphatic carbocycles. The van der Waals surface area contributed by atoms with Crippen molar-refractivity contribution in [1.29, 1.82) is 0 Å². The van der Waals surface area contributed by atoms with E-state index in [1.807, 2.05) is 45.2 Å². The first-order valence-corrected chi connectivity index (χ1v) is 5.77. The normalized spacial score (nSPS) is 8.00. The smallest absolute Gasteiger partial charge is 0.0893 e. The van der Waals surface area contributed by atoms with E-state index in [2.05, 4.69) is 15.2 Å². The number of hydrogen-bond acceptors (Lipinski definition) is 4. The van der Waals surface area contributed by atoms with E-state index in [0.29, 0.717) is 0 Å². The van der Waals surface area contributed by atoms with E-state index >= 15 is 0 Å². The lowest BCUT2D eigenvalue weighted by Gasteiger charge is -1.80. The summed E-state index contributed by atoms with van der Waals surface area (Å²) in [6, 6.07) is 3.77. The highest BCUT2D eigenvalue weighted by atomic mass is 32.1. The average molecular weight is 223 g/mol. The largest absolute Gasteiger partial charge is 0.250 e. The van der Waals surface area contributed by atoms with E-state index in [9.17, 15) is 0 Å². The van der Waals surface area contributed by atoms with Crippen LogP contribution in [0.4, 0.5) is 0 Å². The lowest BCUT2D eigenvalue weighted by Crippen LogP contribution is -1.79. The molecule has 15 heavy (non-hydrogen) atoms. The van der Waals surface area contributed by atoms with E-state index in [-0.39, 0.29) is 0 Å². The molecule has 2 aromatic rings. The Morgan fingerprint density at radius 1 is 1.13 bits per heavy atom. The van der Waals surface area contributed by atoms with E-state index in [4.69, 9.17) is 0 Å². The van der Waals surface area contributed by atoms with E-state index < -0.39 is 0 Å². The quantitative estimate of drug-likeness (QED) is 0.688. The number of nitrogens with zero attached hydrogens (tertiary/aromatic N) is 3. The molecule has 2 rings (SSSR count). The van der Waals surface area contributed by atoms with Gasteiger partial charge >= 0.3 is 0 Å². The molecule has 0 aromatic carbocycles. The summed E-state index contributed by atoms with van der Waals surface area (Å²) in [5.41, 5.74) is 0.961. The molecule has 82 valence electrons. The predicted molar refractivity (Wildman–Crippen MR) is 65.0 cm³/mol. The third kappa shape index (κ3) is 7.76. The second kappa shape index (κ2) is 9.27. The fourth-order valence-electron chi connectivity index (χ4n) is 0.673. The molecule has 0 fully saturated rings. The summed E-state index contributed by atoms with van der Waals surface area (Å²) in [7, 11) is 0. The summed E-state index contributed by atoms with van der Waals surface area (Å²) in [5, 5.41) is 10.5. The van der Waals surface area contributed by atoms with Gasteiger partial charge in [0.25, 0.3) is 0 Å². The highest BCUT2D eigenvalue weighted by molar-refractivity contribution is 7.09. The lowest BCUT2D eigenvalue weighted by atomic mass is 10.4. The van der Waals surface area contributed by atoms with E-state index in [1.165, 1.54) is 0 Å². The molecular formula is C11H17N3S. The third-order valence-corrected chi connectivity index (χ3v) is 1.97. The van der Waals surface area contributed by atoms with Crippen LogP contribution in [0.3, 0.4) is 0 Å². The summed E-state index contributed by atoms with van der Waals surface area (Å²) >= 11 is 1.67. The van der Waals surface area contributed by atoms with Gasteiger partial charge in [0.05, 0.1) is 10.7 Å². The van der Waals surface area contributed by atoms with Crippen LogP contribution < -0.4 is 0 Å². The van der Waals surface area contributed by atoms with Gasteiger partial charge in [-0.05, 0) is 26.0 Å². The van der Waals surface area contributed by atoms with Gasteiger partial charge in [-0.3, -0.25) is 4.98 Å². The molecule has 0 N–H and O–H groups in total. The zero-order valence-electron chi connectivity index (χ0n) is 9.64. The van der Waals surface area contributed by atoms with Crippen LogP contribution in [0, 0.1) is 13.8 Å². The Labute approximate surface area is 95.2 Å². The Hall–Kier alpha value is -1.29. The molecule has 2 aromatic heterocycles. The zero-order chi connectivity index (χ0) is 11.5. The number of aromatic nitrogens is 3. The minimum absolute atomic E-state index is 0.961. The Bertz CT molecular complexity index is 319. The van der Waals surface area contributed by atoms with Crippen LogP contribution in [0.2, 0.25) is 0 Å². The second-order valence-electron chi connectivity index (χ2n) is 2.42. The first kappa shape index (κ1) is 13.7. The molecule has 4 heteroatoms. The summed E-state index contributed by atoms with van der Waals surface area (Å²) in [6.45, 7) is 7.90. The molecule has 0 amide bonds. The molecule has 0 atom stereocenters. The molecule has 0 spiro atoms. The Balaban J connectivity index is 0.000000227. The van der Waals surface area contributed by atoms with Crippen molar-refractivity contribution >= 4 is 11.3 Å². The van der Waals surface area contributed by atoms with Crippen molar-refractivity contribution in [3.63, 3.8) is 0 Å². The molecule has 0 radical (unpaired) electrons. The zero-order valence-corrected chi connectivity index (χ0v) is 10.5. The third-order valence-electron chi connectivity index (χ3n) is 1.26. The van der Waals surface area contributed by atoms with Crippen LogP contribution >= 0.6 is 11.3 Å². The lowest BCUT2D eigenvalue weighted by molar-refractivity contribution is 0.980. The molecule has 2 heterocycles. The summed E-state index contributed by atoms with van der Waals surface area (Å²) in [4.78, 5) is 3.94. The van der Waals surface area contributed by atoms with Crippen LogP contribution in [0.25, 0.3) is 0 Å². The Kier molecular flexibility index (Phi) is 8.47. The first-order valence-electron chi connectivity index (χ1n) is 4.89. The number of thiazole rings is 1. The summed E-state index contributed by atoms with van der Waals surface area (Å²) in [6.07, 6.45) is 3.47. The molecule has 0 aliphatic heterocycles. The van der Waals surface area contributed by atoms with Crippen LogP contribution in [0.15, 0.2) is 29.9 Å². The standard InChI is InChI=1S/C5H6N2.C4H5NS.C2H6/c1-5-3-2-4-6-7-5;1-4-5-2-3-6-4;1-2/h2-4H,1H3;2-3H,1H3;1-2H3. The van der Waals surface area contributed by atoms with Crippen molar-refractivity contribution in [1.82, 2.24) is 15.2 Å². The van der Waals surface area contributed by atoms with Gasteiger partial charge in [-0.15, -0.1) is 11.3 Å². The van der Waals surface area contributed by atoms with Crippen molar-refractivity contribution in [2.24, 2.45) is 0 Å². The van der Waals surface area contributed by atoms with Gasteiger partial charge in [-0.1, -0.05) is 13.8 Å². The molecule has 0 unspecified atom stereocenters. The summed E-state index contributed by atoms with van der Waals surface area (Å²) < 4.78 is 0. The summed E-state index contributed by atoms with van der Waals surface area (Å²) in [5.74, 6) is 0. The van der Waals surface area contributed by atoms with Gasteiger partial charge in [-0.25, -0.2) is 0 Å². The molecule has 0 saturated heterocycles. The van der Waals surface area contributed by atoms with Crippen LogP contribution in [0.5, 0.6) is 0 Å². The predicted octanol–water partition coefficient (Wildman–Crippen LogP) is 3.26. The molecule has 0 aliphatic rings. The molecule has 0 bridgehead atoms. The molecule has 0 saturated carbocycles. The van der Waals surface area contributed by atoms with Crippen molar-refractivity contribution < 1.29 is 0 Å². The average Bonchev–Trinajstić information content (AvgIpc) is 2.74. The van der Waals surface area contributed by atoms with Crippen molar-refractivity contribution in [3.05, 3.63) is 40.6 Å². The molecule has 3 nitrogen and oxygen atoms in total. The van der Waals surface area contributed by atoms with Crippen LogP contribution in [-0.4, -0.2) is 15.2 Å². The maximum atomic E-state index is 3.94.